The number of rotatable bonds is 3. The van der Waals surface area contributed by atoms with Crippen LogP contribution in [0.5, 0.6) is 5.75 Å². The van der Waals surface area contributed by atoms with Gasteiger partial charge in [-0.15, -0.1) is 0 Å². The summed E-state index contributed by atoms with van der Waals surface area (Å²) in [5.41, 5.74) is 5.91. The molecule has 0 saturated carbocycles. The summed E-state index contributed by atoms with van der Waals surface area (Å²) in [6, 6.07) is 8.27. The highest BCUT2D eigenvalue weighted by Crippen LogP contribution is 2.24. The lowest BCUT2D eigenvalue weighted by Gasteiger charge is -2.10. The van der Waals surface area contributed by atoms with E-state index in [0.717, 1.165) is 0 Å². The summed E-state index contributed by atoms with van der Waals surface area (Å²) in [7, 11) is 0. The van der Waals surface area contributed by atoms with Gasteiger partial charge < -0.3 is 10.5 Å². The molecule has 0 radical (unpaired) electrons. The molecule has 19 heavy (non-hydrogen) atoms. The third-order valence-corrected chi connectivity index (χ3v) is 2.80. The Balaban J connectivity index is 2.28. The second-order valence-electron chi connectivity index (χ2n) is 4.31. The lowest BCUT2D eigenvalue weighted by molar-refractivity contribution is 0.0719. The quantitative estimate of drug-likeness (QED) is 0.693. The van der Waals surface area contributed by atoms with Gasteiger partial charge in [-0.05, 0) is 26.0 Å². The molecule has 6 heteroatoms. The largest absolute Gasteiger partial charge is 0.420 e. The zero-order valence-corrected chi connectivity index (χ0v) is 11.4. The van der Waals surface area contributed by atoms with Crippen molar-refractivity contribution in [3.63, 3.8) is 0 Å². The lowest BCUT2D eigenvalue weighted by atomic mass is 10.3. The van der Waals surface area contributed by atoms with Gasteiger partial charge in [0.2, 0.25) is 0 Å². The zero-order valence-electron chi connectivity index (χ0n) is 10.6. The lowest BCUT2D eigenvalue weighted by Crippen LogP contribution is -2.17. The van der Waals surface area contributed by atoms with Crippen molar-refractivity contribution in [2.75, 3.05) is 5.73 Å². The van der Waals surface area contributed by atoms with E-state index in [1.807, 2.05) is 13.8 Å². The Bertz CT molecular complexity index is 608. The Morgan fingerprint density at radius 2 is 2.11 bits per heavy atom. The van der Waals surface area contributed by atoms with E-state index in [4.69, 9.17) is 22.1 Å². The van der Waals surface area contributed by atoms with Crippen molar-refractivity contribution in [3.8, 4) is 5.75 Å². The van der Waals surface area contributed by atoms with Gasteiger partial charge in [0, 0.05) is 12.1 Å². The molecule has 1 heterocycles. The van der Waals surface area contributed by atoms with Gasteiger partial charge in [-0.2, -0.15) is 5.10 Å². The number of carbonyl (C=O) groups excluding carboxylic acids is 1. The number of ether oxygens (including phenoxy) is 1. The Labute approximate surface area is 115 Å². The predicted molar refractivity (Wildman–Crippen MR) is 73.4 cm³/mol. The van der Waals surface area contributed by atoms with Crippen LogP contribution in [0.4, 0.5) is 5.82 Å². The molecule has 0 aliphatic carbocycles. The molecule has 0 atom stereocenters. The van der Waals surface area contributed by atoms with E-state index in [0.29, 0.717) is 16.5 Å². The van der Waals surface area contributed by atoms with E-state index in [9.17, 15) is 4.79 Å². The summed E-state index contributed by atoms with van der Waals surface area (Å²) < 4.78 is 6.77. The summed E-state index contributed by atoms with van der Waals surface area (Å²) in [4.78, 5) is 12.1. The number of hydrogen-bond donors (Lipinski definition) is 1. The maximum Gasteiger partial charge on any atom is 0.362 e. The minimum atomic E-state index is -0.536. The molecule has 0 amide bonds. The molecule has 2 aromatic rings. The van der Waals surface area contributed by atoms with Gasteiger partial charge in [0.25, 0.3) is 0 Å². The van der Waals surface area contributed by atoms with E-state index in [1.54, 1.807) is 24.3 Å². The number of esters is 1. The van der Waals surface area contributed by atoms with Crippen LogP contribution in [0.2, 0.25) is 5.02 Å². The topological polar surface area (TPSA) is 70.1 Å². The number of nitrogens with zero attached hydrogens (tertiary/aromatic N) is 2. The first-order chi connectivity index (χ1) is 8.99. The second-order valence-corrected chi connectivity index (χ2v) is 4.72. The van der Waals surface area contributed by atoms with E-state index >= 15 is 0 Å². The van der Waals surface area contributed by atoms with Crippen molar-refractivity contribution < 1.29 is 9.53 Å². The van der Waals surface area contributed by atoms with Crippen molar-refractivity contribution >= 4 is 23.4 Å². The highest BCUT2D eigenvalue weighted by molar-refractivity contribution is 6.32. The van der Waals surface area contributed by atoms with Crippen LogP contribution in [-0.2, 0) is 0 Å². The van der Waals surface area contributed by atoms with E-state index in [-0.39, 0.29) is 11.9 Å². The van der Waals surface area contributed by atoms with Crippen molar-refractivity contribution in [1.29, 1.82) is 0 Å². The van der Waals surface area contributed by atoms with Crippen molar-refractivity contribution in [2.45, 2.75) is 19.9 Å². The number of para-hydroxylation sites is 1. The van der Waals surface area contributed by atoms with E-state index in [2.05, 4.69) is 5.10 Å². The molecule has 0 bridgehead atoms. The third kappa shape index (κ3) is 2.88. The molecule has 1 aromatic heterocycles. The smallest absolute Gasteiger partial charge is 0.362 e. The minimum absolute atomic E-state index is 0.00564. The summed E-state index contributed by atoms with van der Waals surface area (Å²) >= 11 is 5.94. The SMILES string of the molecule is CC(C)n1nc(N)cc1C(=O)Oc1ccccc1Cl. The highest BCUT2D eigenvalue weighted by Gasteiger charge is 2.19. The van der Waals surface area contributed by atoms with Gasteiger partial charge in [0.1, 0.15) is 17.3 Å². The zero-order chi connectivity index (χ0) is 14.0. The Hall–Kier alpha value is -2.01. The number of aromatic nitrogens is 2. The van der Waals surface area contributed by atoms with Crippen LogP contribution in [0.25, 0.3) is 0 Å². The average Bonchev–Trinajstić information content (AvgIpc) is 2.74. The molecule has 2 N–H and O–H groups in total. The van der Waals surface area contributed by atoms with Crippen molar-refractivity contribution in [2.24, 2.45) is 0 Å². The Morgan fingerprint density at radius 1 is 1.42 bits per heavy atom. The van der Waals surface area contributed by atoms with Crippen molar-refractivity contribution in [3.05, 3.63) is 41.0 Å². The Morgan fingerprint density at radius 3 is 2.74 bits per heavy atom. The number of anilines is 1. The molecule has 0 unspecified atom stereocenters. The molecule has 5 nitrogen and oxygen atoms in total. The molecule has 0 aliphatic heterocycles. The second kappa shape index (κ2) is 5.32. The van der Waals surface area contributed by atoms with Gasteiger partial charge in [0.15, 0.2) is 0 Å². The predicted octanol–water partition coefficient (Wildman–Crippen LogP) is 2.92. The van der Waals surface area contributed by atoms with Crippen molar-refractivity contribution in [1.82, 2.24) is 9.78 Å². The number of carbonyl (C=O) groups is 1. The maximum absolute atomic E-state index is 12.1. The van der Waals surface area contributed by atoms with Crippen LogP contribution in [0.15, 0.2) is 30.3 Å². The minimum Gasteiger partial charge on any atom is -0.420 e. The summed E-state index contributed by atoms with van der Waals surface area (Å²) in [5.74, 6) is 0.0510. The molecule has 1 aromatic carbocycles. The first-order valence-electron chi connectivity index (χ1n) is 5.80. The van der Waals surface area contributed by atoms with Gasteiger partial charge in [0.05, 0.1) is 5.02 Å². The molecule has 2 rings (SSSR count). The molecular weight excluding hydrogens is 266 g/mol. The third-order valence-electron chi connectivity index (χ3n) is 2.49. The number of nitrogen functional groups attached to an aromatic ring is 1. The average molecular weight is 280 g/mol. The van der Waals surface area contributed by atoms with E-state index < -0.39 is 5.97 Å². The first kappa shape index (κ1) is 13.4. The monoisotopic (exact) mass is 279 g/mol. The maximum atomic E-state index is 12.1. The number of nitrogens with two attached hydrogens (primary N) is 1. The van der Waals surface area contributed by atoms with Crippen LogP contribution >= 0.6 is 11.6 Å². The van der Waals surface area contributed by atoms with Crippen LogP contribution in [0.1, 0.15) is 30.4 Å². The summed E-state index contributed by atoms with van der Waals surface area (Å²) in [6.07, 6.45) is 0. The van der Waals surface area contributed by atoms with Gasteiger partial charge >= 0.3 is 5.97 Å². The number of hydrogen-bond acceptors (Lipinski definition) is 4. The normalized spacial score (nSPS) is 10.7. The fourth-order valence-electron chi connectivity index (χ4n) is 1.64. The molecular formula is C13H14ClN3O2. The molecule has 0 fully saturated rings. The first-order valence-corrected chi connectivity index (χ1v) is 6.18. The van der Waals surface area contributed by atoms with Gasteiger partial charge in [-0.3, -0.25) is 4.68 Å². The van der Waals surface area contributed by atoms with Crippen LogP contribution < -0.4 is 10.5 Å². The summed E-state index contributed by atoms with van der Waals surface area (Å²) in [5, 5.41) is 4.43. The van der Waals surface area contributed by atoms with Crippen LogP contribution in [-0.4, -0.2) is 15.7 Å². The molecule has 100 valence electrons. The van der Waals surface area contributed by atoms with Crippen LogP contribution in [0, 0.1) is 0 Å². The number of halogens is 1. The molecule has 0 aliphatic rings. The van der Waals surface area contributed by atoms with Gasteiger partial charge in [-0.1, -0.05) is 23.7 Å². The molecule has 0 saturated heterocycles. The van der Waals surface area contributed by atoms with Gasteiger partial charge in [-0.25, -0.2) is 4.79 Å². The standard InChI is InChI=1S/C13H14ClN3O2/c1-8(2)17-10(7-12(15)16-17)13(18)19-11-6-4-3-5-9(11)14/h3-8H,1-2H3,(H2,15,16). The fraction of sp³-hybridized carbons (Fsp3) is 0.231. The van der Waals surface area contributed by atoms with Crippen LogP contribution in [0.3, 0.4) is 0 Å². The highest BCUT2D eigenvalue weighted by atomic mass is 35.5. The molecule has 0 spiro atoms. The number of benzene rings is 1. The fourth-order valence-corrected chi connectivity index (χ4v) is 1.81. The van der Waals surface area contributed by atoms with E-state index in [1.165, 1.54) is 10.7 Å². The Kier molecular flexibility index (Phi) is 3.76. The summed E-state index contributed by atoms with van der Waals surface area (Å²) in [6.45, 7) is 3.80.